The second kappa shape index (κ2) is 7.05. The van der Waals surface area contributed by atoms with Gasteiger partial charge in [-0.2, -0.15) is 18.2 Å². The van der Waals surface area contributed by atoms with Gasteiger partial charge in [-0.15, -0.1) is 0 Å². The largest absolute Gasteiger partial charge is 0.411 e. The van der Waals surface area contributed by atoms with Crippen molar-refractivity contribution in [2.75, 3.05) is 13.2 Å². The van der Waals surface area contributed by atoms with E-state index in [0.717, 1.165) is 17.0 Å². The molecule has 0 unspecified atom stereocenters. The first-order valence-electron chi connectivity index (χ1n) is 6.46. The highest BCUT2D eigenvalue weighted by molar-refractivity contribution is 7.07. The van der Waals surface area contributed by atoms with Gasteiger partial charge in [-0.3, -0.25) is 4.79 Å². The van der Waals surface area contributed by atoms with E-state index in [2.05, 4.69) is 14.9 Å². The van der Waals surface area contributed by atoms with Crippen molar-refractivity contribution < 1.29 is 22.4 Å². The van der Waals surface area contributed by atoms with Crippen LogP contribution >= 0.6 is 11.3 Å². The Labute approximate surface area is 127 Å². The quantitative estimate of drug-likeness (QED) is 0.723. The third-order valence-corrected chi connectivity index (χ3v) is 3.65. The van der Waals surface area contributed by atoms with Crippen LogP contribution in [0.1, 0.15) is 17.4 Å². The highest BCUT2D eigenvalue weighted by Crippen LogP contribution is 2.14. The van der Waals surface area contributed by atoms with Crippen LogP contribution in [-0.4, -0.2) is 34.1 Å². The van der Waals surface area contributed by atoms with E-state index in [1.165, 1.54) is 0 Å². The Hall–Kier alpha value is -1.68. The fourth-order valence-electron chi connectivity index (χ4n) is 1.73. The van der Waals surface area contributed by atoms with Gasteiger partial charge in [0.1, 0.15) is 6.61 Å². The molecule has 0 saturated carbocycles. The standard InChI is InChI=1S/C12H14F3N3O3S/c1-8-6-22-11(19)18(8)4-2-10-16-9(17-21-10)3-5-20-7-12(13,14)15/h6H,2-5,7H2,1H3. The normalized spacial score (nSPS) is 12.0. The molecule has 0 aromatic carbocycles. The number of aromatic nitrogens is 3. The number of aryl methyl sites for hydroxylation is 2. The first-order valence-corrected chi connectivity index (χ1v) is 7.34. The summed E-state index contributed by atoms with van der Waals surface area (Å²) in [6, 6.07) is 0. The average Bonchev–Trinajstić information content (AvgIpc) is 3.00. The summed E-state index contributed by atoms with van der Waals surface area (Å²) in [6.45, 7) is 0.815. The van der Waals surface area contributed by atoms with Crippen LogP contribution in [0.3, 0.4) is 0 Å². The number of ether oxygens (including phenoxy) is 1. The summed E-state index contributed by atoms with van der Waals surface area (Å²) >= 11 is 1.12. The average molecular weight is 337 g/mol. The molecule has 6 nitrogen and oxygen atoms in total. The van der Waals surface area contributed by atoms with Crippen molar-refractivity contribution in [3.8, 4) is 0 Å². The first-order chi connectivity index (χ1) is 10.3. The SMILES string of the molecule is Cc1csc(=O)n1CCc1nc(CCOCC(F)(F)F)no1. The van der Waals surface area contributed by atoms with Crippen LogP contribution in [-0.2, 0) is 24.1 Å². The molecule has 0 aliphatic heterocycles. The molecule has 0 N–H and O–H groups in total. The second-order valence-electron chi connectivity index (χ2n) is 4.57. The molecule has 0 bridgehead atoms. The predicted molar refractivity (Wildman–Crippen MR) is 71.9 cm³/mol. The van der Waals surface area contributed by atoms with Gasteiger partial charge in [0.05, 0.1) is 6.61 Å². The maximum absolute atomic E-state index is 11.9. The molecule has 0 atom stereocenters. The van der Waals surface area contributed by atoms with Crippen molar-refractivity contribution in [3.05, 3.63) is 32.5 Å². The summed E-state index contributed by atoms with van der Waals surface area (Å²) in [5.41, 5.74) is 0.857. The summed E-state index contributed by atoms with van der Waals surface area (Å²) < 4.78 is 46.7. The fraction of sp³-hybridized carbons (Fsp3) is 0.583. The molecule has 10 heteroatoms. The number of nitrogens with zero attached hydrogens (tertiary/aromatic N) is 3. The predicted octanol–water partition coefficient (Wildman–Crippen LogP) is 1.97. The number of alkyl halides is 3. The van der Waals surface area contributed by atoms with Crippen LogP contribution < -0.4 is 4.87 Å². The fourth-order valence-corrected chi connectivity index (χ4v) is 2.49. The van der Waals surface area contributed by atoms with Gasteiger partial charge >= 0.3 is 11.0 Å². The maximum atomic E-state index is 11.9. The molecular weight excluding hydrogens is 323 g/mol. The Kier molecular flexibility index (Phi) is 5.35. The Bertz CT molecular complexity index is 662. The van der Waals surface area contributed by atoms with Crippen molar-refractivity contribution in [2.45, 2.75) is 32.5 Å². The van der Waals surface area contributed by atoms with Crippen molar-refractivity contribution in [1.82, 2.24) is 14.7 Å². The zero-order chi connectivity index (χ0) is 16.2. The molecule has 2 aromatic heterocycles. The highest BCUT2D eigenvalue weighted by atomic mass is 32.1. The van der Waals surface area contributed by atoms with Crippen molar-refractivity contribution in [3.63, 3.8) is 0 Å². The molecule has 0 radical (unpaired) electrons. The van der Waals surface area contributed by atoms with Gasteiger partial charge in [0.15, 0.2) is 5.82 Å². The number of hydrogen-bond acceptors (Lipinski definition) is 6. The maximum Gasteiger partial charge on any atom is 0.411 e. The zero-order valence-corrected chi connectivity index (χ0v) is 12.5. The summed E-state index contributed by atoms with van der Waals surface area (Å²) in [4.78, 5) is 15.5. The van der Waals surface area contributed by atoms with Crippen molar-refractivity contribution in [1.29, 1.82) is 0 Å². The van der Waals surface area contributed by atoms with Crippen molar-refractivity contribution in [2.24, 2.45) is 0 Å². The van der Waals surface area contributed by atoms with Crippen LogP contribution in [0.2, 0.25) is 0 Å². The van der Waals surface area contributed by atoms with Crippen LogP contribution in [0.5, 0.6) is 0 Å². The van der Waals surface area contributed by atoms with Crippen LogP contribution in [0.4, 0.5) is 13.2 Å². The Morgan fingerprint density at radius 2 is 2.18 bits per heavy atom. The van der Waals surface area contributed by atoms with E-state index in [4.69, 9.17) is 4.52 Å². The molecule has 2 aromatic rings. The molecule has 0 fully saturated rings. The molecule has 0 spiro atoms. The molecule has 0 saturated heterocycles. The van der Waals surface area contributed by atoms with Gasteiger partial charge in [-0.25, -0.2) is 0 Å². The second-order valence-corrected chi connectivity index (χ2v) is 5.39. The van der Waals surface area contributed by atoms with Gasteiger partial charge in [0, 0.05) is 30.5 Å². The summed E-state index contributed by atoms with van der Waals surface area (Å²) in [7, 11) is 0. The molecular formula is C12H14F3N3O3S. The molecule has 2 heterocycles. The summed E-state index contributed by atoms with van der Waals surface area (Å²) in [5, 5.41) is 5.43. The molecule has 0 aliphatic carbocycles. The van der Waals surface area contributed by atoms with Crippen LogP contribution in [0.25, 0.3) is 0 Å². The van der Waals surface area contributed by atoms with Gasteiger partial charge < -0.3 is 13.8 Å². The lowest BCUT2D eigenvalue weighted by molar-refractivity contribution is -0.173. The number of halogens is 3. The van der Waals surface area contributed by atoms with E-state index in [1.807, 2.05) is 6.92 Å². The lowest BCUT2D eigenvalue weighted by Crippen LogP contribution is -2.18. The lowest BCUT2D eigenvalue weighted by Gasteiger charge is -2.05. The van der Waals surface area contributed by atoms with E-state index >= 15 is 0 Å². The van der Waals surface area contributed by atoms with E-state index < -0.39 is 12.8 Å². The highest BCUT2D eigenvalue weighted by Gasteiger charge is 2.27. The minimum Gasteiger partial charge on any atom is -0.372 e. The smallest absolute Gasteiger partial charge is 0.372 e. The Morgan fingerprint density at radius 1 is 1.41 bits per heavy atom. The van der Waals surface area contributed by atoms with Crippen LogP contribution in [0, 0.1) is 6.92 Å². The summed E-state index contributed by atoms with van der Waals surface area (Å²) in [5.74, 6) is 0.620. The Balaban J connectivity index is 1.78. The monoisotopic (exact) mass is 337 g/mol. The molecule has 0 aliphatic rings. The van der Waals surface area contributed by atoms with E-state index in [-0.39, 0.29) is 23.7 Å². The van der Waals surface area contributed by atoms with Crippen molar-refractivity contribution >= 4 is 11.3 Å². The summed E-state index contributed by atoms with van der Waals surface area (Å²) in [6.07, 6.45) is -3.82. The van der Waals surface area contributed by atoms with Gasteiger partial charge in [-0.1, -0.05) is 16.5 Å². The minimum absolute atomic E-state index is 0.0576. The Morgan fingerprint density at radius 3 is 2.82 bits per heavy atom. The number of rotatable bonds is 7. The van der Waals surface area contributed by atoms with Crippen LogP contribution in [0.15, 0.2) is 14.7 Å². The first kappa shape index (κ1) is 16.7. The minimum atomic E-state index is -4.34. The number of thiazole rings is 1. The van der Waals surface area contributed by atoms with Gasteiger partial charge in [0.25, 0.3) is 0 Å². The van der Waals surface area contributed by atoms with E-state index in [0.29, 0.717) is 18.9 Å². The van der Waals surface area contributed by atoms with Gasteiger partial charge in [-0.05, 0) is 6.92 Å². The van der Waals surface area contributed by atoms with E-state index in [1.54, 1.807) is 9.95 Å². The third kappa shape index (κ3) is 4.95. The third-order valence-electron chi connectivity index (χ3n) is 2.77. The molecule has 0 amide bonds. The lowest BCUT2D eigenvalue weighted by atomic mass is 10.4. The molecule has 122 valence electrons. The number of hydrogen-bond donors (Lipinski definition) is 0. The topological polar surface area (TPSA) is 70.2 Å². The molecule has 22 heavy (non-hydrogen) atoms. The van der Waals surface area contributed by atoms with E-state index in [9.17, 15) is 18.0 Å². The van der Waals surface area contributed by atoms with Gasteiger partial charge in [0.2, 0.25) is 5.89 Å². The zero-order valence-electron chi connectivity index (χ0n) is 11.7. The molecule has 2 rings (SSSR count).